The molecule has 1 N–H and O–H groups in total. The molecule has 0 atom stereocenters. The molecule has 6 nitrogen and oxygen atoms in total. The Hall–Kier alpha value is -3.41. The average Bonchev–Trinajstić information content (AvgIpc) is 3.15. The van der Waals surface area contributed by atoms with E-state index >= 15 is 0 Å². The van der Waals surface area contributed by atoms with Crippen molar-refractivity contribution in [2.45, 2.75) is 13.8 Å². The van der Waals surface area contributed by atoms with Crippen molar-refractivity contribution in [2.75, 3.05) is 0 Å². The molecule has 0 amide bonds. The van der Waals surface area contributed by atoms with E-state index in [1.54, 1.807) is 16.9 Å². The lowest BCUT2D eigenvalue weighted by Gasteiger charge is -2.03. The third-order valence-corrected chi connectivity index (χ3v) is 4.61. The number of nitrogens with zero attached hydrogens (tertiary/aromatic N) is 4. The van der Waals surface area contributed by atoms with Crippen molar-refractivity contribution in [1.29, 1.82) is 0 Å². The Bertz CT molecular complexity index is 1280. The summed E-state index contributed by atoms with van der Waals surface area (Å²) in [5.74, 6) is 1.42. The Morgan fingerprint density at radius 3 is 2.64 bits per heavy atom. The topological polar surface area (TPSA) is 76.5 Å². The van der Waals surface area contributed by atoms with Crippen LogP contribution >= 0.6 is 0 Å². The molecule has 3 aromatic heterocycles. The van der Waals surface area contributed by atoms with Crippen LogP contribution in [0.1, 0.15) is 11.3 Å². The molecule has 5 aromatic rings. The minimum absolute atomic E-state index is 0.152. The maximum Gasteiger partial charge on any atom is 0.231 e. The van der Waals surface area contributed by atoms with E-state index in [0.29, 0.717) is 22.7 Å². The standard InChI is InChI=1S/C19H14N4O2/c1-10-11(2)25-19-16(10)18-21-17(22-23(18)9-20-19)14-7-12-5-3-4-6-13(12)8-15(14)24/h3-9,24H,1-2H3. The van der Waals surface area contributed by atoms with Gasteiger partial charge in [-0.3, -0.25) is 0 Å². The molecule has 25 heavy (non-hydrogen) atoms. The van der Waals surface area contributed by atoms with Gasteiger partial charge in [0, 0.05) is 5.56 Å². The highest BCUT2D eigenvalue weighted by atomic mass is 16.3. The second-order valence-electron chi connectivity index (χ2n) is 6.13. The van der Waals surface area contributed by atoms with E-state index in [0.717, 1.165) is 27.5 Å². The predicted molar refractivity (Wildman–Crippen MR) is 94.6 cm³/mol. The SMILES string of the molecule is Cc1oc2ncn3nc(-c4cc5ccccc5cc4O)nc3c2c1C. The van der Waals surface area contributed by atoms with Crippen molar-refractivity contribution in [3.63, 3.8) is 0 Å². The number of hydrogen-bond donors (Lipinski definition) is 1. The number of aryl methyl sites for hydroxylation is 2. The first kappa shape index (κ1) is 14.0. The molecule has 0 bridgehead atoms. The fraction of sp³-hybridized carbons (Fsp3) is 0.105. The number of aromatic nitrogens is 4. The smallest absolute Gasteiger partial charge is 0.231 e. The third-order valence-electron chi connectivity index (χ3n) is 4.61. The summed E-state index contributed by atoms with van der Waals surface area (Å²) >= 11 is 0. The van der Waals surface area contributed by atoms with Crippen LogP contribution in [-0.4, -0.2) is 24.7 Å². The Kier molecular flexibility index (Phi) is 2.68. The number of benzene rings is 2. The van der Waals surface area contributed by atoms with Crippen LogP contribution in [0.25, 0.3) is 38.9 Å². The molecule has 0 aliphatic rings. The molecule has 0 aliphatic heterocycles. The Labute approximate surface area is 142 Å². The number of phenols is 1. The van der Waals surface area contributed by atoms with Gasteiger partial charge >= 0.3 is 0 Å². The zero-order valence-electron chi connectivity index (χ0n) is 13.7. The lowest BCUT2D eigenvalue weighted by molar-refractivity contribution is 0.477. The van der Waals surface area contributed by atoms with Crippen molar-refractivity contribution in [2.24, 2.45) is 0 Å². The number of hydrogen-bond acceptors (Lipinski definition) is 5. The molecule has 0 fully saturated rings. The minimum Gasteiger partial charge on any atom is -0.507 e. The number of aromatic hydroxyl groups is 1. The Morgan fingerprint density at radius 2 is 1.84 bits per heavy atom. The number of phenolic OH excluding ortho intramolecular Hbond substituents is 1. The molecule has 0 radical (unpaired) electrons. The van der Waals surface area contributed by atoms with Gasteiger partial charge in [0.2, 0.25) is 5.71 Å². The van der Waals surface area contributed by atoms with Crippen molar-refractivity contribution >= 4 is 27.5 Å². The van der Waals surface area contributed by atoms with Crippen LogP contribution in [0.15, 0.2) is 47.1 Å². The molecular formula is C19H14N4O2. The average molecular weight is 330 g/mol. The molecule has 0 saturated heterocycles. The van der Waals surface area contributed by atoms with Gasteiger partial charge in [0.05, 0.1) is 10.9 Å². The summed E-state index contributed by atoms with van der Waals surface area (Å²) in [5, 5.41) is 17.8. The quantitative estimate of drug-likeness (QED) is 0.502. The maximum absolute atomic E-state index is 10.4. The van der Waals surface area contributed by atoms with Crippen molar-refractivity contribution in [3.8, 4) is 17.1 Å². The van der Waals surface area contributed by atoms with Crippen LogP contribution < -0.4 is 0 Å². The first-order valence-electron chi connectivity index (χ1n) is 7.95. The number of furan rings is 1. The van der Waals surface area contributed by atoms with Gasteiger partial charge in [-0.05, 0) is 36.8 Å². The van der Waals surface area contributed by atoms with Gasteiger partial charge in [-0.25, -0.2) is 14.5 Å². The monoisotopic (exact) mass is 330 g/mol. The highest BCUT2D eigenvalue weighted by molar-refractivity contribution is 5.93. The lowest BCUT2D eigenvalue weighted by Crippen LogP contribution is -1.90. The third kappa shape index (κ3) is 1.94. The molecule has 0 spiro atoms. The van der Waals surface area contributed by atoms with E-state index in [2.05, 4.69) is 15.1 Å². The molecule has 3 heterocycles. The van der Waals surface area contributed by atoms with Crippen LogP contribution in [0.5, 0.6) is 5.75 Å². The Balaban J connectivity index is 1.81. The van der Waals surface area contributed by atoms with Crippen LogP contribution in [0, 0.1) is 13.8 Å². The number of rotatable bonds is 1. The lowest BCUT2D eigenvalue weighted by atomic mass is 10.1. The van der Waals surface area contributed by atoms with E-state index in [1.165, 1.54) is 0 Å². The first-order valence-corrected chi connectivity index (χ1v) is 7.95. The summed E-state index contributed by atoms with van der Waals surface area (Å²) in [7, 11) is 0. The summed E-state index contributed by atoms with van der Waals surface area (Å²) in [6.45, 7) is 3.88. The molecule has 0 saturated carbocycles. The normalized spacial score (nSPS) is 11.8. The molecule has 0 aliphatic carbocycles. The predicted octanol–water partition coefficient (Wildman–Crippen LogP) is 4.01. The molecule has 122 valence electrons. The Morgan fingerprint density at radius 1 is 1.08 bits per heavy atom. The highest BCUT2D eigenvalue weighted by Gasteiger charge is 2.18. The van der Waals surface area contributed by atoms with Gasteiger partial charge in [-0.15, -0.1) is 5.10 Å². The van der Waals surface area contributed by atoms with Gasteiger partial charge in [0.25, 0.3) is 0 Å². The van der Waals surface area contributed by atoms with Crippen LogP contribution in [0.4, 0.5) is 0 Å². The molecule has 5 rings (SSSR count). The summed E-state index contributed by atoms with van der Waals surface area (Å²) < 4.78 is 7.28. The van der Waals surface area contributed by atoms with Gasteiger partial charge < -0.3 is 9.52 Å². The highest BCUT2D eigenvalue weighted by Crippen LogP contribution is 2.33. The summed E-state index contributed by atoms with van der Waals surface area (Å²) in [6, 6.07) is 11.5. The zero-order valence-corrected chi connectivity index (χ0v) is 13.7. The van der Waals surface area contributed by atoms with E-state index in [9.17, 15) is 5.11 Å². The van der Waals surface area contributed by atoms with E-state index in [1.807, 2.05) is 44.2 Å². The first-order chi connectivity index (χ1) is 12.1. The summed E-state index contributed by atoms with van der Waals surface area (Å²) in [4.78, 5) is 8.95. The summed E-state index contributed by atoms with van der Waals surface area (Å²) in [6.07, 6.45) is 1.58. The van der Waals surface area contributed by atoms with E-state index in [-0.39, 0.29) is 5.75 Å². The van der Waals surface area contributed by atoms with Crippen LogP contribution in [0.2, 0.25) is 0 Å². The fourth-order valence-electron chi connectivity index (χ4n) is 3.17. The molecule has 0 unspecified atom stereocenters. The van der Waals surface area contributed by atoms with Crippen molar-refractivity contribution in [3.05, 3.63) is 54.0 Å². The van der Waals surface area contributed by atoms with Gasteiger partial charge in [-0.2, -0.15) is 0 Å². The van der Waals surface area contributed by atoms with E-state index < -0.39 is 0 Å². The molecule has 2 aromatic carbocycles. The molecule has 6 heteroatoms. The maximum atomic E-state index is 10.4. The summed E-state index contributed by atoms with van der Waals surface area (Å²) in [5.41, 5.74) is 2.80. The van der Waals surface area contributed by atoms with Crippen molar-refractivity contribution < 1.29 is 9.52 Å². The van der Waals surface area contributed by atoms with Gasteiger partial charge in [-0.1, -0.05) is 24.3 Å². The fourth-order valence-corrected chi connectivity index (χ4v) is 3.17. The zero-order chi connectivity index (χ0) is 17.1. The van der Waals surface area contributed by atoms with Gasteiger partial charge in [0.1, 0.15) is 17.8 Å². The van der Waals surface area contributed by atoms with Gasteiger partial charge in [0.15, 0.2) is 11.5 Å². The number of fused-ring (bicyclic) bond motifs is 4. The second kappa shape index (κ2) is 4.80. The minimum atomic E-state index is 0.152. The van der Waals surface area contributed by atoms with Crippen LogP contribution in [-0.2, 0) is 0 Å². The van der Waals surface area contributed by atoms with Crippen molar-refractivity contribution in [1.82, 2.24) is 19.6 Å². The van der Waals surface area contributed by atoms with E-state index in [4.69, 9.17) is 4.42 Å². The largest absolute Gasteiger partial charge is 0.507 e. The second-order valence-corrected chi connectivity index (χ2v) is 6.13. The molecular weight excluding hydrogens is 316 g/mol. The van der Waals surface area contributed by atoms with Crippen LogP contribution in [0.3, 0.4) is 0 Å².